The number of amides is 1. The van der Waals surface area contributed by atoms with E-state index in [0.717, 1.165) is 26.6 Å². The molecule has 6 nitrogen and oxygen atoms in total. The zero-order valence-corrected chi connectivity index (χ0v) is 14.6. The largest absolute Gasteiger partial charge is 0.296 e. The average Bonchev–Trinajstić information content (AvgIpc) is 3.26. The van der Waals surface area contributed by atoms with Crippen LogP contribution in [0, 0.1) is 13.8 Å². The number of nitrogens with zero attached hydrogens (tertiary/aromatic N) is 4. The second-order valence-corrected chi connectivity index (χ2v) is 7.45. The van der Waals surface area contributed by atoms with Gasteiger partial charge in [0.25, 0.3) is 5.91 Å². The molecule has 8 heteroatoms. The van der Waals surface area contributed by atoms with Crippen molar-refractivity contribution in [3.63, 3.8) is 0 Å². The van der Waals surface area contributed by atoms with Crippen LogP contribution in [0.15, 0.2) is 36.4 Å². The van der Waals surface area contributed by atoms with Gasteiger partial charge in [-0.15, -0.1) is 21.5 Å². The lowest BCUT2D eigenvalue weighted by atomic mass is 10.3. The first-order chi connectivity index (χ1) is 11.6. The van der Waals surface area contributed by atoms with Gasteiger partial charge in [-0.1, -0.05) is 29.5 Å². The van der Waals surface area contributed by atoms with Crippen LogP contribution in [0.1, 0.15) is 20.4 Å². The molecule has 1 amide bonds. The van der Waals surface area contributed by atoms with Gasteiger partial charge in [-0.05, 0) is 32.0 Å². The second kappa shape index (κ2) is 5.81. The van der Waals surface area contributed by atoms with Crippen molar-refractivity contribution in [3.05, 3.63) is 52.0 Å². The molecule has 4 aromatic rings. The number of aryl methyl sites for hydroxylation is 2. The standard InChI is InChI=1S/C16H13N5OS2/c1-9-12-8-13(14(22)17-16-19-18-10(2)23-16)24-15(12)21(20-9)11-6-4-3-5-7-11/h3-8H,1-2H3,(H,17,19,22). The molecule has 0 radical (unpaired) electrons. The molecule has 0 unspecified atom stereocenters. The predicted molar refractivity (Wildman–Crippen MR) is 96.3 cm³/mol. The third-order valence-electron chi connectivity index (χ3n) is 3.52. The van der Waals surface area contributed by atoms with Gasteiger partial charge in [0.15, 0.2) is 0 Å². The number of aromatic nitrogens is 4. The van der Waals surface area contributed by atoms with E-state index in [1.165, 1.54) is 22.7 Å². The summed E-state index contributed by atoms with van der Waals surface area (Å²) in [6.07, 6.45) is 0. The number of anilines is 1. The molecule has 0 spiro atoms. The highest BCUT2D eigenvalue weighted by atomic mass is 32.1. The molecule has 24 heavy (non-hydrogen) atoms. The van der Waals surface area contributed by atoms with Gasteiger partial charge < -0.3 is 0 Å². The Morgan fingerprint density at radius 2 is 1.92 bits per heavy atom. The molecule has 3 heterocycles. The van der Waals surface area contributed by atoms with Gasteiger partial charge in [0.05, 0.1) is 16.3 Å². The lowest BCUT2D eigenvalue weighted by molar-refractivity contribution is 0.103. The Morgan fingerprint density at radius 3 is 2.62 bits per heavy atom. The lowest BCUT2D eigenvalue weighted by Gasteiger charge is -2.01. The van der Waals surface area contributed by atoms with Gasteiger partial charge in [-0.25, -0.2) is 4.68 Å². The van der Waals surface area contributed by atoms with E-state index < -0.39 is 0 Å². The molecule has 4 rings (SSSR count). The summed E-state index contributed by atoms with van der Waals surface area (Å²) in [5.41, 5.74) is 1.88. The van der Waals surface area contributed by atoms with Gasteiger partial charge in [-0.2, -0.15) is 5.10 Å². The fraction of sp³-hybridized carbons (Fsp3) is 0.125. The van der Waals surface area contributed by atoms with Gasteiger partial charge in [0, 0.05) is 5.39 Å². The van der Waals surface area contributed by atoms with E-state index in [2.05, 4.69) is 20.6 Å². The van der Waals surface area contributed by atoms with E-state index in [9.17, 15) is 4.79 Å². The van der Waals surface area contributed by atoms with E-state index >= 15 is 0 Å². The summed E-state index contributed by atoms with van der Waals surface area (Å²) < 4.78 is 1.88. The molecule has 3 aromatic heterocycles. The van der Waals surface area contributed by atoms with Crippen LogP contribution in [0.3, 0.4) is 0 Å². The molecule has 0 saturated carbocycles. The number of carbonyl (C=O) groups excluding carboxylic acids is 1. The van der Waals surface area contributed by atoms with Crippen molar-refractivity contribution in [1.29, 1.82) is 0 Å². The second-order valence-electron chi connectivity index (χ2n) is 5.24. The lowest BCUT2D eigenvalue weighted by Crippen LogP contribution is -2.09. The van der Waals surface area contributed by atoms with Crippen LogP contribution >= 0.6 is 22.7 Å². The first kappa shape index (κ1) is 15.0. The number of rotatable bonds is 3. The normalized spacial score (nSPS) is 11.1. The number of nitrogens with one attached hydrogen (secondary N) is 1. The monoisotopic (exact) mass is 355 g/mol. The molecule has 0 fully saturated rings. The van der Waals surface area contributed by atoms with Crippen molar-refractivity contribution in [1.82, 2.24) is 20.0 Å². The maximum atomic E-state index is 12.5. The molecule has 1 aromatic carbocycles. The van der Waals surface area contributed by atoms with Crippen LogP contribution in [-0.2, 0) is 0 Å². The zero-order valence-electron chi connectivity index (χ0n) is 13.0. The van der Waals surface area contributed by atoms with Crippen LogP contribution < -0.4 is 5.32 Å². The number of hydrogen-bond acceptors (Lipinski definition) is 6. The Labute approximate surface area is 145 Å². The van der Waals surface area contributed by atoms with Crippen LogP contribution in [0.2, 0.25) is 0 Å². The predicted octanol–water partition coefficient (Wildman–Crippen LogP) is 3.81. The van der Waals surface area contributed by atoms with Crippen LogP contribution in [0.5, 0.6) is 0 Å². The number of fused-ring (bicyclic) bond motifs is 1. The number of carbonyl (C=O) groups is 1. The molecule has 0 aliphatic carbocycles. The Hall–Kier alpha value is -2.58. The molecule has 0 saturated heterocycles. The molecular weight excluding hydrogens is 342 g/mol. The van der Waals surface area contributed by atoms with E-state index in [4.69, 9.17) is 0 Å². The quantitative estimate of drug-likeness (QED) is 0.606. The number of hydrogen-bond donors (Lipinski definition) is 1. The summed E-state index contributed by atoms with van der Waals surface area (Å²) in [6.45, 7) is 3.80. The SMILES string of the molecule is Cc1nnc(NC(=O)c2cc3c(C)nn(-c4ccccc4)c3s2)s1. The third-order valence-corrected chi connectivity index (χ3v) is 5.38. The molecular formula is C16H13N5OS2. The average molecular weight is 355 g/mol. The van der Waals surface area contributed by atoms with Crippen molar-refractivity contribution >= 4 is 43.9 Å². The molecule has 0 bridgehead atoms. The Kier molecular flexibility index (Phi) is 3.62. The summed E-state index contributed by atoms with van der Waals surface area (Å²) >= 11 is 2.77. The van der Waals surface area contributed by atoms with E-state index in [-0.39, 0.29) is 5.91 Å². The number of benzene rings is 1. The van der Waals surface area contributed by atoms with Crippen LogP contribution in [0.25, 0.3) is 15.9 Å². The van der Waals surface area contributed by atoms with Crippen molar-refractivity contribution in [2.75, 3.05) is 5.32 Å². The Bertz CT molecular complexity index is 1030. The van der Waals surface area contributed by atoms with E-state index in [1.54, 1.807) is 0 Å². The van der Waals surface area contributed by atoms with Crippen LogP contribution in [-0.4, -0.2) is 25.9 Å². The minimum atomic E-state index is -0.175. The molecule has 0 aliphatic rings. The van der Waals surface area contributed by atoms with E-state index in [0.29, 0.717) is 10.0 Å². The fourth-order valence-electron chi connectivity index (χ4n) is 2.41. The highest BCUT2D eigenvalue weighted by Crippen LogP contribution is 2.31. The van der Waals surface area contributed by atoms with Crippen molar-refractivity contribution < 1.29 is 4.79 Å². The maximum absolute atomic E-state index is 12.5. The summed E-state index contributed by atoms with van der Waals surface area (Å²) in [6, 6.07) is 11.8. The first-order valence-corrected chi connectivity index (χ1v) is 8.91. The Morgan fingerprint density at radius 1 is 1.12 bits per heavy atom. The van der Waals surface area contributed by atoms with Gasteiger partial charge in [0.2, 0.25) is 5.13 Å². The third kappa shape index (κ3) is 2.59. The van der Waals surface area contributed by atoms with Crippen LogP contribution in [0.4, 0.5) is 5.13 Å². The fourth-order valence-corrected chi connectivity index (χ4v) is 4.07. The minimum absolute atomic E-state index is 0.175. The highest BCUT2D eigenvalue weighted by Gasteiger charge is 2.18. The summed E-state index contributed by atoms with van der Waals surface area (Å²) in [7, 11) is 0. The van der Waals surface area contributed by atoms with Gasteiger partial charge >= 0.3 is 0 Å². The highest BCUT2D eigenvalue weighted by molar-refractivity contribution is 7.20. The molecule has 0 atom stereocenters. The van der Waals surface area contributed by atoms with Gasteiger partial charge in [0.1, 0.15) is 9.84 Å². The minimum Gasteiger partial charge on any atom is -0.296 e. The summed E-state index contributed by atoms with van der Waals surface area (Å²) in [4.78, 5) is 14.0. The summed E-state index contributed by atoms with van der Waals surface area (Å²) in [5.74, 6) is -0.175. The van der Waals surface area contributed by atoms with Gasteiger partial charge in [-0.3, -0.25) is 10.1 Å². The van der Waals surface area contributed by atoms with Crippen molar-refractivity contribution in [2.24, 2.45) is 0 Å². The topological polar surface area (TPSA) is 72.7 Å². The summed E-state index contributed by atoms with van der Waals surface area (Å²) in [5, 5.41) is 17.5. The van der Waals surface area contributed by atoms with E-state index in [1.807, 2.05) is 54.9 Å². The molecule has 1 N–H and O–H groups in total. The van der Waals surface area contributed by atoms with Crippen molar-refractivity contribution in [3.8, 4) is 5.69 Å². The molecule has 120 valence electrons. The first-order valence-electron chi connectivity index (χ1n) is 7.28. The number of para-hydroxylation sites is 1. The molecule has 0 aliphatic heterocycles. The zero-order chi connectivity index (χ0) is 16.7. The maximum Gasteiger partial charge on any atom is 0.267 e. The smallest absolute Gasteiger partial charge is 0.267 e. The number of thiophene rings is 1. The van der Waals surface area contributed by atoms with Crippen molar-refractivity contribution in [2.45, 2.75) is 13.8 Å². The Balaban J connectivity index is 1.72.